The van der Waals surface area contributed by atoms with Crippen LogP contribution < -0.4 is 9.64 Å². The van der Waals surface area contributed by atoms with Gasteiger partial charge >= 0.3 is 6.16 Å². The number of carbonyl (C=O) groups is 2. The van der Waals surface area contributed by atoms with E-state index in [-0.39, 0.29) is 16.7 Å². The Morgan fingerprint density at radius 3 is 2.26 bits per heavy atom. The molecular formula is C20H17NO5S. The van der Waals surface area contributed by atoms with Crippen molar-refractivity contribution in [2.24, 2.45) is 0 Å². The Morgan fingerprint density at radius 2 is 1.67 bits per heavy atom. The van der Waals surface area contributed by atoms with Crippen LogP contribution in [0.25, 0.3) is 10.4 Å². The quantitative estimate of drug-likeness (QED) is 0.634. The standard InChI is InChI=1S/C20H17NO5S/c1-12-3-5-14(6-4-12)18(23)21(2)16-11-17(27-19(16)26-20(24)25)13-7-9-15(22)10-8-13/h3-11,22H,1-2H3,(H,24,25). The van der Waals surface area contributed by atoms with Gasteiger partial charge in [-0.05, 0) is 55.0 Å². The van der Waals surface area contributed by atoms with E-state index in [0.29, 0.717) is 16.1 Å². The summed E-state index contributed by atoms with van der Waals surface area (Å²) in [6.45, 7) is 1.93. The fourth-order valence-corrected chi connectivity index (χ4v) is 3.56. The number of ether oxygens (including phenoxy) is 1. The molecule has 138 valence electrons. The van der Waals surface area contributed by atoms with Gasteiger partial charge in [-0.25, -0.2) is 4.79 Å². The summed E-state index contributed by atoms with van der Waals surface area (Å²) in [5.74, 6) is -0.149. The lowest BCUT2D eigenvalue weighted by molar-refractivity contribution is 0.0991. The number of carboxylic acid groups (broad SMARTS) is 1. The first-order chi connectivity index (χ1) is 12.8. The summed E-state index contributed by atoms with van der Waals surface area (Å²) >= 11 is 1.11. The zero-order valence-electron chi connectivity index (χ0n) is 14.7. The molecule has 0 aliphatic rings. The molecule has 3 aromatic rings. The van der Waals surface area contributed by atoms with E-state index in [1.165, 1.54) is 17.0 Å². The molecule has 0 atom stereocenters. The van der Waals surface area contributed by atoms with E-state index in [2.05, 4.69) is 0 Å². The average molecular weight is 383 g/mol. The average Bonchev–Trinajstić information content (AvgIpc) is 3.04. The zero-order chi connectivity index (χ0) is 19.6. The Hall–Kier alpha value is -3.32. The van der Waals surface area contributed by atoms with Crippen LogP contribution in [0.5, 0.6) is 10.8 Å². The number of phenols is 1. The molecule has 0 aliphatic carbocycles. The first kappa shape index (κ1) is 18.5. The Bertz CT molecular complexity index is 977. The van der Waals surface area contributed by atoms with Gasteiger partial charge in [0, 0.05) is 17.5 Å². The van der Waals surface area contributed by atoms with Gasteiger partial charge in [0.15, 0.2) is 0 Å². The molecule has 1 amide bonds. The Kier molecular flexibility index (Phi) is 5.14. The van der Waals surface area contributed by atoms with Crippen LogP contribution in [0.2, 0.25) is 0 Å². The maximum atomic E-state index is 12.8. The van der Waals surface area contributed by atoms with E-state index in [4.69, 9.17) is 9.84 Å². The van der Waals surface area contributed by atoms with Crippen LogP contribution in [0.15, 0.2) is 54.6 Å². The number of rotatable bonds is 4. The van der Waals surface area contributed by atoms with Crippen LogP contribution in [0, 0.1) is 6.92 Å². The van der Waals surface area contributed by atoms with Crippen LogP contribution in [-0.4, -0.2) is 29.3 Å². The smallest absolute Gasteiger partial charge is 0.508 e. The monoisotopic (exact) mass is 383 g/mol. The van der Waals surface area contributed by atoms with Gasteiger partial charge in [0.2, 0.25) is 5.06 Å². The van der Waals surface area contributed by atoms with E-state index in [1.54, 1.807) is 37.4 Å². The minimum atomic E-state index is -1.45. The normalized spacial score (nSPS) is 10.4. The Balaban J connectivity index is 1.99. The van der Waals surface area contributed by atoms with Gasteiger partial charge in [0.1, 0.15) is 5.75 Å². The molecule has 1 heterocycles. The number of aryl methyl sites for hydroxylation is 1. The van der Waals surface area contributed by atoms with Crippen molar-refractivity contribution in [3.05, 3.63) is 65.7 Å². The van der Waals surface area contributed by atoms with Crippen molar-refractivity contribution < 1.29 is 24.5 Å². The number of phenolic OH excluding ortho intramolecular Hbond substituents is 1. The van der Waals surface area contributed by atoms with Crippen LogP contribution in [0.1, 0.15) is 15.9 Å². The van der Waals surface area contributed by atoms with Gasteiger partial charge in [-0.3, -0.25) is 4.79 Å². The van der Waals surface area contributed by atoms with Gasteiger partial charge in [-0.2, -0.15) is 0 Å². The maximum Gasteiger partial charge on any atom is 0.512 e. The van der Waals surface area contributed by atoms with Crippen molar-refractivity contribution >= 4 is 29.1 Å². The molecule has 3 rings (SSSR count). The Morgan fingerprint density at radius 1 is 1.04 bits per heavy atom. The molecule has 2 aromatic carbocycles. The number of nitrogens with zero attached hydrogens (tertiary/aromatic N) is 1. The number of benzene rings is 2. The van der Waals surface area contributed by atoms with Gasteiger partial charge in [-0.15, -0.1) is 0 Å². The zero-order valence-corrected chi connectivity index (χ0v) is 15.5. The van der Waals surface area contributed by atoms with Crippen LogP contribution >= 0.6 is 11.3 Å². The molecule has 0 fully saturated rings. The minimum absolute atomic E-state index is 0.105. The number of thiophene rings is 1. The summed E-state index contributed by atoms with van der Waals surface area (Å²) < 4.78 is 4.89. The van der Waals surface area contributed by atoms with E-state index >= 15 is 0 Å². The highest BCUT2D eigenvalue weighted by Crippen LogP contribution is 2.43. The lowest BCUT2D eigenvalue weighted by Gasteiger charge is -2.17. The largest absolute Gasteiger partial charge is 0.512 e. The van der Waals surface area contributed by atoms with Crippen molar-refractivity contribution in [3.8, 4) is 21.3 Å². The lowest BCUT2D eigenvalue weighted by atomic mass is 10.1. The number of amides is 1. The van der Waals surface area contributed by atoms with Crippen molar-refractivity contribution in [2.45, 2.75) is 6.92 Å². The molecule has 27 heavy (non-hydrogen) atoms. The number of hydrogen-bond donors (Lipinski definition) is 2. The third-order valence-corrected chi connectivity index (χ3v) is 5.03. The summed E-state index contributed by atoms with van der Waals surface area (Å²) in [5, 5.41) is 18.6. The predicted octanol–water partition coefficient (Wildman–Crippen LogP) is 4.76. The molecule has 0 unspecified atom stereocenters. The minimum Gasteiger partial charge on any atom is -0.508 e. The van der Waals surface area contributed by atoms with E-state index < -0.39 is 6.16 Å². The molecular weight excluding hydrogens is 366 g/mol. The first-order valence-corrected chi connectivity index (χ1v) is 8.85. The van der Waals surface area contributed by atoms with Crippen molar-refractivity contribution in [2.75, 3.05) is 11.9 Å². The first-order valence-electron chi connectivity index (χ1n) is 8.04. The Labute approximate surface area is 159 Å². The highest BCUT2D eigenvalue weighted by molar-refractivity contribution is 7.18. The topological polar surface area (TPSA) is 87.1 Å². The molecule has 2 N–H and O–H groups in total. The number of hydrogen-bond acceptors (Lipinski definition) is 5. The fourth-order valence-electron chi connectivity index (χ4n) is 2.52. The summed E-state index contributed by atoms with van der Waals surface area (Å²) in [6.07, 6.45) is -1.45. The third-order valence-electron chi connectivity index (χ3n) is 3.98. The number of carbonyl (C=O) groups excluding carboxylic acids is 1. The maximum absolute atomic E-state index is 12.8. The fraction of sp³-hybridized carbons (Fsp3) is 0.100. The number of anilines is 1. The van der Waals surface area contributed by atoms with Crippen LogP contribution in [0.4, 0.5) is 10.5 Å². The van der Waals surface area contributed by atoms with Crippen molar-refractivity contribution in [1.29, 1.82) is 0 Å². The van der Waals surface area contributed by atoms with Gasteiger partial charge in [0.05, 0.1) is 5.69 Å². The van der Waals surface area contributed by atoms with Gasteiger partial charge in [-0.1, -0.05) is 29.0 Å². The second-order valence-electron chi connectivity index (χ2n) is 5.93. The summed E-state index contributed by atoms with van der Waals surface area (Å²) in [7, 11) is 1.57. The summed E-state index contributed by atoms with van der Waals surface area (Å²) in [4.78, 5) is 25.9. The second kappa shape index (κ2) is 7.51. The molecule has 0 radical (unpaired) electrons. The second-order valence-corrected chi connectivity index (χ2v) is 6.94. The van der Waals surface area contributed by atoms with Gasteiger partial charge < -0.3 is 19.8 Å². The molecule has 7 heteroatoms. The summed E-state index contributed by atoms with van der Waals surface area (Å²) in [6, 6.07) is 15.3. The third kappa shape index (κ3) is 4.09. The molecule has 0 aliphatic heterocycles. The van der Waals surface area contributed by atoms with Crippen molar-refractivity contribution in [3.63, 3.8) is 0 Å². The highest BCUT2D eigenvalue weighted by atomic mass is 32.1. The molecule has 6 nitrogen and oxygen atoms in total. The van der Waals surface area contributed by atoms with Crippen molar-refractivity contribution in [1.82, 2.24) is 0 Å². The molecule has 0 saturated carbocycles. The van der Waals surface area contributed by atoms with Gasteiger partial charge in [0.25, 0.3) is 5.91 Å². The van der Waals surface area contributed by atoms with E-state index in [0.717, 1.165) is 22.5 Å². The molecule has 1 aromatic heterocycles. The van der Waals surface area contributed by atoms with E-state index in [9.17, 15) is 14.7 Å². The molecule has 0 saturated heterocycles. The molecule has 0 spiro atoms. The SMILES string of the molecule is Cc1ccc(C(=O)N(C)c2cc(-c3ccc(O)cc3)sc2OC(=O)O)cc1. The molecule has 0 bridgehead atoms. The number of aromatic hydroxyl groups is 1. The lowest BCUT2D eigenvalue weighted by Crippen LogP contribution is -2.26. The van der Waals surface area contributed by atoms with E-state index in [1.807, 2.05) is 19.1 Å². The predicted molar refractivity (Wildman–Crippen MR) is 104 cm³/mol. The summed E-state index contributed by atoms with van der Waals surface area (Å²) in [5.41, 5.74) is 2.66. The highest BCUT2D eigenvalue weighted by Gasteiger charge is 2.22. The van der Waals surface area contributed by atoms with Crippen LogP contribution in [-0.2, 0) is 0 Å². The van der Waals surface area contributed by atoms with Crippen LogP contribution in [0.3, 0.4) is 0 Å².